The zero-order valence-corrected chi connectivity index (χ0v) is 11.5. The highest BCUT2D eigenvalue weighted by molar-refractivity contribution is 6.05. The molecule has 2 aromatic rings. The van der Waals surface area contributed by atoms with Crippen LogP contribution in [0.5, 0.6) is 0 Å². The van der Waals surface area contributed by atoms with E-state index in [2.05, 4.69) is 5.32 Å². The van der Waals surface area contributed by atoms with E-state index in [1.54, 1.807) is 13.0 Å². The standard InChI is InChI=1S/C15H13FN2O3/c1-9-6-7-11(12(16)8-9)15(19)17-13-4-3-5-14(10(13)2)18(20)21/h3-8H,1-2H3,(H,17,19). The van der Waals surface area contributed by atoms with E-state index in [1.165, 1.54) is 37.3 Å². The summed E-state index contributed by atoms with van der Waals surface area (Å²) in [7, 11) is 0. The van der Waals surface area contributed by atoms with Crippen molar-refractivity contribution in [3.63, 3.8) is 0 Å². The summed E-state index contributed by atoms with van der Waals surface area (Å²) in [5, 5.41) is 13.4. The van der Waals surface area contributed by atoms with Gasteiger partial charge >= 0.3 is 0 Å². The summed E-state index contributed by atoms with van der Waals surface area (Å²) >= 11 is 0. The number of nitrogens with zero attached hydrogens (tertiary/aromatic N) is 1. The molecule has 0 saturated carbocycles. The number of nitro groups is 1. The van der Waals surface area contributed by atoms with Crippen molar-refractivity contribution in [1.82, 2.24) is 0 Å². The van der Waals surface area contributed by atoms with Crippen LogP contribution in [0.15, 0.2) is 36.4 Å². The molecule has 0 aliphatic carbocycles. The number of anilines is 1. The Hall–Kier alpha value is -2.76. The molecular weight excluding hydrogens is 275 g/mol. The van der Waals surface area contributed by atoms with Gasteiger partial charge in [0, 0.05) is 6.07 Å². The summed E-state index contributed by atoms with van der Waals surface area (Å²) in [5.41, 5.74) is 1.11. The second-order valence-corrected chi connectivity index (χ2v) is 4.64. The van der Waals surface area contributed by atoms with Crippen molar-refractivity contribution in [1.29, 1.82) is 0 Å². The van der Waals surface area contributed by atoms with Crippen LogP contribution in [0.2, 0.25) is 0 Å². The molecule has 2 rings (SSSR count). The molecule has 108 valence electrons. The minimum absolute atomic E-state index is 0.0998. The molecule has 0 atom stereocenters. The summed E-state index contributed by atoms with van der Waals surface area (Å²) in [6.07, 6.45) is 0. The first kappa shape index (κ1) is 14.6. The normalized spacial score (nSPS) is 10.2. The number of benzene rings is 2. The third-order valence-corrected chi connectivity index (χ3v) is 3.12. The quantitative estimate of drug-likeness (QED) is 0.692. The Kier molecular flexibility index (Phi) is 3.98. The minimum Gasteiger partial charge on any atom is -0.321 e. The van der Waals surface area contributed by atoms with Gasteiger partial charge in [0.2, 0.25) is 0 Å². The highest BCUT2D eigenvalue weighted by Crippen LogP contribution is 2.25. The van der Waals surface area contributed by atoms with Crippen molar-refractivity contribution in [3.05, 3.63) is 69.0 Å². The fourth-order valence-electron chi connectivity index (χ4n) is 1.95. The predicted molar refractivity (Wildman–Crippen MR) is 76.9 cm³/mol. The van der Waals surface area contributed by atoms with Crippen LogP contribution in [0.25, 0.3) is 0 Å². The monoisotopic (exact) mass is 288 g/mol. The maximum Gasteiger partial charge on any atom is 0.274 e. The second kappa shape index (κ2) is 5.70. The summed E-state index contributed by atoms with van der Waals surface area (Å²) < 4.78 is 13.7. The Labute approximate surface area is 120 Å². The smallest absolute Gasteiger partial charge is 0.274 e. The Balaban J connectivity index is 2.32. The number of carbonyl (C=O) groups excluding carboxylic acids is 1. The molecule has 0 radical (unpaired) electrons. The maximum absolute atomic E-state index is 13.7. The van der Waals surface area contributed by atoms with Crippen molar-refractivity contribution in [2.75, 3.05) is 5.32 Å². The zero-order chi connectivity index (χ0) is 15.6. The molecule has 0 unspecified atom stereocenters. The molecule has 0 aliphatic rings. The van der Waals surface area contributed by atoms with Crippen molar-refractivity contribution in [2.24, 2.45) is 0 Å². The lowest BCUT2D eigenvalue weighted by Gasteiger charge is -2.09. The van der Waals surface area contributed by atoms with E-state index in [1.807, 2.05) is 0 Å². The van der Waals surface area contributed by atoms with Crippen LogP contribution in [0.1, 0.15) is 21.5 Å². The lowest BCUT2D eigenvalue weighted by molar-refractivity contribution is -0.385. The van der Waals surface area contributed by atoms with Gasteiger partial charge in [-0.15, -0.1) is 0 Å². The van der Waals surface area contributed by atoms with Gasteiger partial charge in [-0.05, 0) is 37.6 Å². The van der Waals surface area contributed by atoms with Crippen LogP contribution >= 0.6 is 0 Å². The van der Waals surface area contributed by atoms with Crippen LogP contribution in [0.3, 0.4) is 0 Å². The van der Waals surface area contributed by atoms with E-state index in [0.717, 1.165) is 0 Å². The van der Waals surface area contributed by atoms with Crippen LogP contribution in [-0.2, 0) is 0 Å². The zero-order valence-electron chi connectivity index (χ0n) is 11.5. The first-order chi connectivity index (χ1) is 9.90. The van der Waals surface area contributed by atoms with Crippen molar-refractivity contribution in [3.8, 4) is 0 Å². The number of carbonyl (C=O) groups is 1. The van der Waals surface area contributed by atoms with Crippen LogP contribution in [0, 0.1) is 29.8 Å². The number of hydrogen-bond donors (Lipinski definition) is 1. The van der Waals surface area contributed by atoms with Gasteiger partial charge in [0.15, 0.2) is 0 Å². The average Bonchev–Trinajstić information content (AvgIpc) is 2.40. The Bertz CT molecular complexity index is 729. The molecule has 0 saturated heterocycles. The number of nitro benzene ring substituents is 1. The van der Waals surface area contributed by atoms with Crippen molar-refractivity contribution < 1.29 is 14.1 Å². The van der Waals surface area contributed by atoms with Gasteiger partial charge in [-0.2, -0.15) is 0 Å². The first-order valence-electron chi connectivity index (χ1n) is 6.21. The van der Waals surface area contributed by atoms with Crippen LogP contribution < -0.4 is 5.32 Å². The lowest BCUT2D eigenvalue weighted by Crippen LogP contribution is -2.15. The van der Waals surface area contributed by atoms with Crippen LogP contribution in [0.4, 0.5) is 15.8 Å². The molecule has 1 N–H and O–H groups in total. The van der Waals surface area contributed by atoms with E-state index < -0.39 is 16.6 Å². The molecule has 0 aromatic heterocycles. The summed E-state index contributed by atoms with van der Waals surface area (Å²) in [6.45, 7) is 3.24. The summed E-state index contributed by atoms with van der Waals surface area (Å²) in [5.74, 6) is -1.27. The van der Waals surface area contributed by atoms with Crippen molar-refractivity contribution in [2.45, 2.75) is 13.8 Å². The van der Waals surface area contributed by atoms with E-state index in [4.69, 9.17) is 0 Å². The highest BCUT2D eigenvalue weighted by atomic mass is 19.1. The lowest BCUT2D eigenvalue weighted by atomic mass is 10.1. The molecule has 0 spiro atoms. The molecule has 6 heteroatoms. The third kappa shape index (κ3) is 3.05. The fraction of sp³-hybridized carbons (Fsp3) is 0.133. The first-order valence-corrected chi connectivity index (χ1v) is 6.21. The number of hydrogen-bond acceptors (Lipinski definition) is 3. The van der Waals surface area contributed by atoms with Crippen molar-refractivity contribution >= 4 is 17.3 Å². The Morgan fingerprint density at radius 2 is 1.95 bits per heavy atom. The topological polar surface area (TPSA) is 72.2 Å². The molecule has 1 amide bonds. The fourth-order valence-corrected chi connectivity index (χ4v) is 1.95. The molecule has 2 aromatic carbocycles. The molecule has 0 aliphatic heterocycles. The maximum atomic E-state index is 13.7. The number of nitrogens with one attached hydrogen (secondary N) is 1. The number of halogens is 1. The third-order valence-electron chi connectivity index (χ3n) is 3.12. The summed E-state index contributed by atoms with van der Waals surface area (Å²) in [4.78, 5) is 22.4. The van der Waals surface area contributed by atoms with Gasteiger partial charge in [-0.3, -0.25) is 14.9 Å². The largest absolute Gasteiger partial charge is 0.321 e. The van der Waals surface area contributed by atoms with Gasteiger partial charge in [0.05, 0.1) is 21.7 Å². The number of amides is 1. The molecule has 0 fully saturated rings. The van der Waals surface area contributed by atoms with Gasteiger partial charge < -0.3 is 5.32 Å². The number of rotatable bonds is 3. The van der Waals surface area contributed by atoms with Crippen LogP contribution in [-0.4, -0.2) is 10.8 Å². The van der Waals surface area contributed by atoms with E-state index in [-0.39, 0.29) is 16.9 Å². The van der Waals surface area contributed by atoms with E-state index >= 15 is 0 Å². The predicted octanol–water partition coefficient (Wildman–Crippen LogP) is 3.60. The van der Waals surface area contributed by atoms with Gasteiger partial charge in [-0.1, -0.05) is 12.1 Å². The molecule has 5 nitrogen and oxygen atoms in total. The van der Waals surface area contributed by atoms with Gasteiger partial charge in [-0.25, -0.2) is 4.39 Å². The molecule has 0 bridgehead atoms. The van der Waals surface area contributed by atoms with E-state index in [0.29, 0.717) is 11.1 Å². The SMILES string of the molecule is Cc1ccc(C(=O)Nc2cccc([N+](=O)[O-])c2C)c(F)c1. The Morgan fingerprint density at radius 3 is 2.57 bits per heavy atom. The van der Waals surface area contributed by atoms with Gasteiger partial charge in [0.1, 0.15) is 5.82 Å². The molecule has 0 heterocycles. The molecule has 21 heavy (non-hydrogen) atoms. The second-order valence-electron chi connectivity index (χ2n) is 4.64. The highest BCUT2D eigenvalue weighted by Gasteiger charge is 2.17. The van der Waals surface area contributed by atoms with E-state index in [9.17, 15) is 19.3 Å². The Morgan fingerprint density at radius 1 is 1.24 bits per heavy atom. The summed E-state index contributed by atoms with van der Waals surface area (Å²) in [6, 6.07) is 8.61. The molecular formula is C15H13FN2O3. The minimum atomic E-state index is -0.643. The number of aryl methyl sites for hydroxylation is 1. The average molecular weight is 288 g/mol. The van der Waals surface area contributed by atoms with Gasteiger partial charge in [0.25, 0.3) is 11.6 Å².